The summed E-state index contributed by atoms with van der Waals surface area (Å²) in [6, 6.07) is 0. The van der Waals surface area contributed by atoms with Crippen LogP contribution in [-0.4, -0.2) is 0 Å². The van der Waals surface area contributed by atoms with Gasteiger partial charge in [0.15, 0.2) is 0 Å². The standard InChI is InChI=1S/C2H5.CH4.2CH3.W/c1-2;;;;/h1H2,2H3;1H4;2*1H3;/q-1;;2*-1;. The average molecular weight is 259 g/mol. The van der Waals surface area contributed by atoms with Crippen molar-refractivity contribution >= 4 is 0 Å². The second kappa shape index (κ2) is 264. The molecular weight excluding hydrogens is 244 g/mol. The van der Waals surface area contributed by atoms with Crippen molar-refractivity contribution in [2.24, 2.45) is 0 Å². The summed E-state index contributed by atoms with van der Waals surface area (Å²) in [6.07, 6.45) is 0. The number of rotatable bonds is 0. The first-order valence-corrected chi connectivity index (χ1v) is 0.707. The summed E-state index contributed by atoms with van der Waals surface area (Å²) in [6.45, 7) is 5.00. The summed E-state index contributed by atoms with van der Waals surface area (Å²) in [4.78, 5) is 0. The average Bonchev–Trinajstić information content (AvgIpc) is 1.00. The second-order valence-electron chi connectivity index (χ2n) is 0. The Hall–Kier alpha value is 0.688. The largest absolute Gasteiger partial charge is 0.358 e. The van der Waals surface area contributed by atoms with Crippen LogP contribution in [0.2, 0.25) is 0 Å². The molecule has 0 aromatic rings. The molecule has 44 valence electrons. The van der Waals surface area contributed by atoms with Gasteiger partial charge in [-0.3, -0.25) is 0 Å². The van der Waals surface area contributed by atoms with Crippen LogP contribution >= 0.6 is 0 Å². The molecule has 1 heteroatoms. The fraction of sp³-hybridized carbons (Fsp3) is 0.400. The quantitative estimate of drug-likeness (QED) is 0.586. The van der Waals surface area contributed by atoms with E-state index in [4.69, 9.17) is 0 Å². The Morgan fingerprint density at radius 3 is 1.00 bits per heavy atom. The van der Waals surface area contributed by atoms with Crippen molar-refractivity contribution in [2.45, 2.75) is 14.4 Å². The van der Waals surface area contributed by atoms with Gasteiger partial charge in [0, 0.05) is 21.1 Å². The monoisotopic (exact) mass is 259 g/mol. The van der Waals surface area contributed by atoms with Crippen molar-refractivity contribution in [2.75, 3.05) is 0 Å². The van der Waals surface area contributed by atoms with Crippen molar-refractivity contribution in [1.29, 1.82) is 0 Å². The van der Waals surface area contributed by atoms with Crippen molar-refractivity contribution < 1.29 is 21.1 Å². The van der Waals surface area contributed by atoms with Crippen LogP contribution in [0.5, 0.6) is 0 Å². The number of hydrogen-bond acceptors (Lipinski definition) is 0. The Balaban J connectivity index is -0.000000000833. The molecule has 0 saturated carbocycles. The van der Waals surface area contributed by atoms with E-state index in [1.807, 2.05) is 0 Å². The molecule has 0 atom stereocenters. The smallest absolute Gasteiger partial charge is 0 e. The minimum atomic E-state index is 0. The van der Waals surface area contributed by atoms with Gasteiger partial charge in [-0.2, -0.15) is 6.92 Å². The molecule has 0 bridgehead atoms. The third-order valence-electron chi connectivity index (χ3n) is 0. The van der Waals surface area contributed by atoms with Crippen LogP contribution in [0.3, 0.4) is 0 Å². The molecule has 0 radical (unpaired) electrons. The van der Waals surface area contributed by atoms with Gasteiger partial charge in [-0.1, -0.05) is 7.43 Å². The van der Waals surface area contributed by atoms with Gasteiger partial charge in [-0.15, -0.1) is 0 Å². The van der Waals surface area contributed by atoms with Crippen molar-refractivity contribution in [3.63, 3.8) is 0 Å². The Bertz CT molecular complexity index is 3.90. The van der Waals surface area contributed by atoms with E-state index in [1.165, 1.54) is 0 Å². The molecule has 0 aromatic heterocycles. The molecule has 6 heavy (non-hydrogen) atoms. The molecule has 0 nitrogen and oxygen atoms in total. The molecule has 0 N–H and O–H groups in total. The first kappa shape index (κ1) is 75.9. The zero-order valence-corrected chi connectivity index (χ0v) is 7.05. The van der Waals surface area contributed by atoms with Crippen LogP contribution in [0.15, 0.2) is 0 Å². The van der Waals surface area contributed by atoms with Crippen molar-refractivity contribution in [3.05, 3.63) is 21.8 Å². The Labute approximate surface area is 57.6 Å². The summed E-state index contributed by atoms with van der Waals surface area (Å²) in [5.41, 5.74) is 0. The zero-order chi connectivity index (χ0) is 2.00. The minimum absolute atomic E-state index is 0. The van der Waals surface area contributed by atoms with Gasteiger partial charge in [0.25, 0.3) is 0 Å². The molecule has 0 unspecified atom stereocenters. The van der Waals surface area contributed by atoms with E-state index in [-0.39, 0.29) is 43.3 Å². The molecule has 0 aliphatic heterocycles. The second-order valence-corrected chi connectivity index (χ2v) is 0. The van der Waals surface area contributed by atoms with Crippen LogP contribution in [-0.2, 0) is 21.1 Å². The molecule has 0 saturated heterocycles. The van der Waals surface area contributed by atoms with Crippen molar-refractivity contribution in [1.82, 2.24) is 0 Å². The maximum absolute atomic E-state index is 3.25. The van der Waals surface area contributed by atoms with Gasteiger partial charge in [-0.05, 0) is 0 Å². The Morgan fingerprint density at radius 2 is 1.00 bits per heavy atom. The first-order valence-electron chi connectivity index (χ1n) is 0.707. The van der Waals surface area contributed by atoms with E-state index in [0.717, 1.165) is 0 Å². The van der Waals surface area contributed by atoms with Crippen LogP contribution in [0, 0.1) is 21.8 Å². The minimum Gasteiger partial charge on any atom is -0.358 e. The van der Waals surface area contributed by atoms with E-state index in [2.05, 4.69) is 6.92 Å². The zero-order valence-electron chi connectivity index (χ0n) is 4.12. The predicted octanol–water partition coefficient (Wildman–Crippen LogP) is 2.37. The maximum atomic E-state index is 3.25. The molecule has 0 aromatic carbocycles. The van der Waals surface area contributed by atoms with Crippen LogP contribution in [0.1, 0.15) is 14.4 Å². The maximum Gasteiger partial charge on any atom is 0 e. The Kier molecular flexibility index (Phi) is 3340. The van der Waals surface area contributed by atoms with Gasteiger partial charge in [-0.25, -0.2) is 0 Å². The molecule has 0 fully saturated rings. The normalized spacial score (nSPS) is 1.00. The SMILES string of the molecule is C.[CH2-]C.[CH3-].[CH3-].[W]. The van der Waals surface area contributed by atoms with E-state index < -0.39 is 0 Å². The van der Waals surface area contributed by atoms with Crippen LogP contribution in [0.25, 0.3) is 0 Å². The summed E-state index contributed by atoms with van der Waals surface area (Å²) in [7, 11) is 0. The van der Waals surface area contributed by atoms with Gasteiger partial charge in [0.2, 0.25) is 0 Å². The fourth-order valence-electron chi connectivity index (χ4n) is 0. The van der Waals surface area contributed by atoms with E-state index >= 15 is 0 Å². The summed E-state index contributed by atoms with van der Waals surface area (Å²) in [5.74, 6) is 0. The van der Waals surface area contributed by atoms with Gasteiger partial charge in [0.05, 0.1) is 0 Å². The third-order valence-corrected chi connectivity index (χ3v) is 0. The summed E-state index contributed by atoms with van der Waals surface area (Å²) in [5, 5.41) is 0. The van der Waals surface area contributed by atoms with Gasteiger partial charge < -0.3 is 21.8 Å². The fourth-order valence-corrected chi connectivity index (χ4v) is 0. The summed E-state index contributed by atoms with van der Waals surface area (Å²) >= 11 is 0. The topological polar surface area (TPSA) is 0 Å². The van der Waals surface area contributed by atoms with E-state index in [0.29, 0.717) is 0 Å². The van der Waals surface area contributed by atoms with Gasteiger partial charge >= 0.3 is 0 Å². The molecule has 0 aliphatic rings. The molecule has 0 spiro atoms. The third kappa shape index (κ3) is 135. The van der Waals surface area contributed by atoms with E-state index in [9.17, 15) is 0 Å². The van der Waals surface area contributed by atoms with Crippen LogP contribution in [0.4, 0.5) is 0 Å². The molecule has 0 aliphatic carbocycles. The van der Waals surface area contributed by atoms with Crippen LogP contribution < -0.4 is 0 Å². The molecule has 0 rings (SSSR count). The molecular formula is C5H15W-3. The number of hydrogen-bond donors (Lipinski definition) is 0. The molecule has 0 heterocycles. The first-order chi connectivity index (χ1) is 1.00. The Morgan fingerprint density at radius 1 is 1.00 bits per heavy atom. The van der Waals surface area contributed by atoms with Gasteiger partial charge in [0.1, 0.15) is 0 Å². The van der Waals surface area contributed by atoms with E-state index in [1.54, 1.807) is 6.92 Å². The van der Waals surface area contributed by atoms with Crippen molar-refractivity contribution in [3.8, 4) is 0 Å². The summed E-state index contributed by atoms with van der Waals surface area (Å²) < 4.78 is 0. The predicted molar refractivity (Wildman–Crippen MR) is 30.6 cm³/mol. The molecule has 0 amide bonds.